The molecule has 1 aromatic carbocycles. The first-order valence-corrected chi connectivity index (χ1v) is 5.23. The summed E-state index contributed by atoms with van der Waals surface area (Å²) in [6.07, 6.45) is -2.81. The Labute approximate surface area is 102 Å². The Kier molecular flexibility index (Phi) is 3.27. The zero-order valence-corrected chi connectivity index (χ0v) is 9.58. The highest BCUT2D eigenvalue weighted by molar-refractivity contribution is 5.92. The van der Waals surface area contributed by atoms with Gasteiger partial charge in [-0.2, -0.15) is 13.2 Å². The fourth-order valence-electron chi connectivity index (χ4n) is 1.60. The fraction of sp³-hybridized carbons (Fsp3) is 0.250. The summed E-state index contributed by atoms with van der Waals surface area (Å²) in [6, 6.07) is 6.90. The summed E-state index contributed by atoms with van der Waals surface area (Å²) in [4.78, 5) is 3.92. The molecule has 3 nitrogen and oxygen atoms in total. The van der Waals surface area contributed by atoms with Crippen molar-refractivity contribution in [3.8, 4) is 5.75 Å². The molecular formula is C12H11F3N2O. The van der Waals surface area contributed by atoms with Crippen molar-refractivity contribution in [2.45, 2.75) is 6.18 Å². The molecule has 0 amide bonds. The van der Waals surface area contributed by atoms with Gasteiger partial charge in [-0.3, -0.25) is 0 Å². The van der Waals surface area contributed by atoms with Crippen LogP contribution >= 0.6 is 0 Å². The fourth-order valence-corrected chi connectivity index (χ4v) is 1.60. The molecule has 96 valence electrons. The Morgan fingerprint density at radius 2 is 2.06 bits per heavy atom. The Balaban J connectivity index is 2.37. The second-order valence-corrected chi connectivity index (χ2v) is 3.72. The van der Waals surface area contributed by atoms with Gasteiger partial charge in [-0.15, -0.1) is 0 Å². The number of alkyl halides is 3. The van der Waals surface area contributed by atoms with E-state index in [-0.39, 0.29) is 5.82 Å². The van der Waals surface area contributed by atoms with Crippen molar-refractivity contribution in [3.05, 3.63) is 30.5 Å². The van der Waals surface area contributed by atoms with Gasteiger partial charge in [0.15, 0.2) is 0 Å². The number of pyridine rings is 1. The van der Waals surface area contributed by atoms with Gasteiger partial charge in [0.05, 0.1) is 7.11 Å². The van der Waals surface area contributed by atoms with E-state index in [2.05, 4.69) is 10.3 Å². The predicted octanol–water partition coefficient (Wildman–Crippen LogP) is 3.22. The summed E-state index contributed by atoms with van der Waals surface area (Å²) >= 11 is 0. The molecule has 18 heavy (non-hydrogen) atoms. The van der Waals surface area contributed by atoms with Crippen molar-refractivity contribution < 1.29 is 17.9 Å². The molecule has 0 radical (unpaired) electrons. The van der Waals surface area contributed by atoms with Crippen LogP contribution in [0, 0.1) is 0 Å². The highest BCUT2D eigenvalue weighted by atomic mass is 19.4. The zero-order valence-electron chi connectivity index (χ0n) is 9.58. The SMILES string of the molecule is COc1ccc2ccnc(NCC(F)(F)F)c2c1. The number of hydrogen-bond acceptors (Lipinski definition) is 3. The highest BCUT2D eigenvalue weighted by Gasteiger charge is 2.27. The van der Waals surface area contributed by atoms with E-state index in [1.54, 1.807) is 24.3 Å². The van der Waals surface area contributed by atoms with Crippen LogP contribution in [0.2, 0.25) is 0 Å². The molecule has 0 atom stereocenters. The molecular weight excluding hydrogens is 245 g/mol. The van der Waals surface area contributed by atoms with Gasteiger partial charge in [-0.25, -0.2) is 4.98 Å². The number of ether oxygens (including phenoxy) is 1. The average molecular weight is 256 g/mol. The van der Waals surface area contributed by atoms with E-state index >= 15 is 0 Å². The van der Waals surface area contributed by atoms with E-state index in [9.17, 15) is 13.2 Å². The first kappa shape index (κ1) is 12.5. The molecule has 1 heterocycles. The van der Waals surface area contributed by atoms with Gasteiger partial charge in [0, 0.05) is 11.6 Å². The van der Waals surface area contributed by atoms with Crippen LogP contribution in [0.5, 0.6) is 5.75 Å². The smallest absolute Gasteiger partial charge is 0.405 e. The van der Waals surface area contributed by atoms with E-state index in [1.165, 1.54) is 13.3 Å². The van der Waals surface area contributed by atoms with Gasteiger partial charge in [-0.05, 0) is 23.6 Å². The van der Waals surface area contributed by atoms with Crippen LogP contribution in [0.25, 0.3) is 10.8 Å². The van der Waals surface area contributed by atoms with Crippen molar-refractivity contribution >= 4 is 16.6 Å². The lowest BCUT2D eigenvalue weighted by Gasteiger charge is -2.11. The van der Waals surface area contributed by atoms with Gasteiger partial charge in [0.1, 0.15) is 18.1 Å². The molecule has 0 saturated carbocycles. The number of nitrogens with zero attached hydrogens (tertiary/aromatic N) is 1. The molecule has 0 fully saturated rings. The van der Waals surface area contributed by atoms with Gasteiger partial charge in [-0.1, -0.05) is 6.07 Å². The van der Waals surface area contributed by atoms with Crippen LogP contribution in [0.3, 0.4) is 0 Å². The standard InChI is InChI=1S/C12H11F3N2O/c1-18-9-3-2-8-4-5-16-11(10(8)6-9)17-7-12(13,14)15/h2-6H,7H2,1H3,(H,16,17). The summed E-state index contributed by atoms with van der Waals surface area (Å²) in [6.45, 7) is -1.11. The van der Waals surface area contributed by atoms with Crippen molar-refractivity contribution in [2.75, 3.05) is 19.0 Å². The first-order valence-electron chi connectivity index (χ1n) is 5.23. The van der Waals surface area contributed by atoms with Gasteiger partial charge < -0.3 is 10.1 Å². The van der Waals surface area contributed by atoms with Gasteiger partial charge >= 0.3 is 6.18 Å². The number of anilines is 1. The average Bonchev–Trinajstić information content (AvgIpc) is 2.34. The quantitative estimate of drug-likeness (QED) is 0.915. The van der Waals surface area contributed by atoms with Crippen LogP contribution in [0.1, 0.15) is 0 Å². The van der Waals surface area contributed by atoms with Crippen LogP contribution in [-0.2, 0) is 0 Å². The number of nitrogens with one attached hydrogen (secondary N) is 1. The first-order chi connectivity index (χ1) is 8.49. The second kappa shape index (κ2) is 4.72. The molecule has 0 saturated heterocycles. The minimum Gasteiger partial charge on any atom is -0.497 e. The molecule has 0 spiro atoms. The normalized spacial score (nSPS) is 11.6. The number of aromatic nitrogens is 1. The molecule has 6 heteroatoms. The molecule has 2 aromatic rings. The van der Waals surface area contributed by atoms with E-state index < -0.39 is 12.7 Å². The third kappa shape index (κ3) is 2.82. The number of halogens is 3. The zero-order chi connectivity index (χ0) is 13.2. The summed E-state index contributed by atoms with van der Waals surface area (Å²) in [5, 5.41) is 3.69. The Hall–Kier alpha value is -1.98. The molecule has 0 bridgehead atoms. The molecule has 0 aliphatic rings. The van der Waals surface area contributed by atoms with Gasteiger partial charge in [0.2, 0.25) is 0 Å². The Bertz CT molecular complexity index is 555. The summed E-state index contributed by atoms with van der Waals surface area (Å²) in [7, 11) is 1.50. The molecule has 1 aromatic heterocycles. The maximum absolute atomic E-state index is 12.2. The van der Waals surface area contributed by atoms with Crippen molar-refractivity contribution in [3.63, 3.8) is 0 Å². The lowest BCUT2D eigenvalue weighted by Crippen LogP contribution is -2.21. The van der Waals surface area contributed by atoms with E-state index in [4.69, 9.17) is 4.74 Å². The summed E-state index contributed by atoms with van der Waals surface area (Å²) < 4.78 is 41.6. The summed E-state index contributed by atoms with van der Waals surface area (Å²) in [5.74, 6) is 0.772. The van der Waals surface area contributed by atoms with Crippen molar-refractivity contribution in [2.24, 2.45) is 0 Å². The molecule has 2 rings (SSSR count). The Morgan fingerprint density at radius 1 is 1.28 bits per heavy atom. The summed E-state index contributed by atoms with van der Waals surface area (Å²) in [5.41, 5.74) is 0. The number of fused-ring (bicyclic) bond motifs is 1. The third-order valence-electron chi connectivity index (χ3n) is 2.43. The van der Waals surface area contributed by atoms with E-state index in [0.29, 0.717) is 11.1 Å². The van der Waals surface area contributed by atoms with Crippen LogP contribution in [0.4, 0.5) is 19.0 Å². The molecule has 0 aliphatic heterocycles. The van der Waals surface area contributed by atoms with Crippen LogP contribution in [0.15, 0.2) is 30.5 Å². The number of hydrogen-bond donors (Lipinski definition) is 1. The second-order valence-electron chi connectivity index (χ2n) is 3.72. The molecule has 1 N–H and O–H groups in total. The number of methoxy groups -OCH3 is 1. The Morgan fingerprint density at radius 3 is 2.72 bits per heavy atom. The monoisotopic (exact) mass is 256 g/mol. The minimum absolute atomic E-state index is 0.198. The van der Waals surface area contributed by atoms with Crippen molar-refractivity contribution in [1.29, 1.82) is 0 Å². The molecule has 0 aliphatic carbocycles. The van der Waals surface area contributed by atoms with Crippen LogP contribution < -0.4 is 10.1 Å². The number of benzene rings is 1. The number of rotatable bonds is 3. The third-order valence-corrected chi connectivity index (χ3v) is 2.43. The lowest BCUT2D eigenvalue weighted by atomic mass is 10.1. The maximum atomic E-state index is 12.2. The largest absolute Gasteiger partial charge is 0.497 e. The maximum Gasteiger partial charge on any atom is 0.405 e. The van der Waals surface area contributed by atoms with Gasteiger partial charge in [0.25, 0.3) is 0 Å². The minimum atomic E-state index is -4.28. The van der Waals surface area contributed by atoms with E-state index in [1.807, 2.05) is 0 Å². The van der Waals surface area contributed by atoms with Crippen molar-refractivity contribution in [1.82, 2.24) is 4.98 Å². The van der Waals surface area contributed by atoms with Crippen LogP contribution in [-0.4, -0.2) is 24.8 Å². The molecule has 0 unspecified atom stereocenters. The topological polar surface area (TPSA) is 34.1 Å². The van der Waals surface area contributed by atoms with E-state index in [0.717, 1.165) is 5.39 Å². The predicted molar refractivity (Wildman–Crippen MR) is 62.8 cm³/mol. The lowest BCUT2D eigenvalue weighted by molar-refractivity contribution is -0.115. The highest BCUT2D eigenvalue weighted by Crippen LogP contribution is 2.26.